The summed E-state index contributed by atoms with van der Waals surface area (Å²) in [7, 11) is 0. The summed E-state index contributed by atoms with van der Waals surface area (Å²) in [5.41, 5.74) is 0.772. The van der Waals surface area contributed by atoms with Crippen molar-refractivity contribution in [3.05, 3.63) is 35.1 Å². The Balaban J connectivity index is 2.23. The molecule has 0 aromatic carbocycles. The molecule has 5 heteroatoms. The average molecular weight is 293 g/mol. The summed E-state index contributed by atoms with van der Waals surface area (Å²) in [6.07, 6.45) is 4.55. The number of hydrogen-bond donors (Lipinski definition) is 1. The van der Waals surface area contributed by atoms with Crippen LogP contribution in [0, 0.1) is 0 Å². The molecule has 17 heavy (non-hydrogen) atoms. The molecule has 0 aliphatic heterocycles. The molecule has 0 aliphatic rings. The smallest absolute Gasteiger partial charge is 0.180 e. The van der Waals surface area contributed by atoms with Crippen LogP contribution in [0.5, 0.6) is 0 Å². The molecule has 0 radical (unpaired) electrons. The van der Waals surface area contributed by atoms with Gasteiger partial charge in [-0.05, 0) is 40.5 Å². The van der Waals surface area contributed by atoms with Gasteiger partial charge >= 0.3 is 0 Å². The zero-order valence-electron chi connectivity index (χ0n) is 9.52. The van der Waals surface area contributed by atoms with E-state index in [1.165, 1.54) is 0 Å². The molecule has 0 unspecified atom stereocenters. The molecular formula is C12H13BrN4. The Morgan fingerprint density at radius 3 is 2.82 bits per heavy atom. The Morgan fingerprint density at radius 1 is 1.24 bits per heavy atom. The largest absolute Gasteiger partial charge is 0.370 e. The van der Waals surface area contributed by atoms with Crippen LogP contribution in [0.3, 0.4) is 0 Å². The lowest BCUT2D eigenvalue weighted by Gasteiger charge is -2.05. The van der Waals surface area contributed by atoms with Gasteiger partial charge in [-0.3, -0.25) is 4.98 Å². The van der Waals surface area contributed by atoms with Crippen LogP contribution < -0.4 is 5.32 Å². The van der Waals surface area contributed by atoms with Crippen molar-refractivity contribution >= 4 is 21.7 Å². The fourth-order valence-corrected chi connectivity index (χ4v) is 1.58. The highest BCUT2D eigenvalue weighted by molar-refractivity contribution is 9.10. The molecule has 0 amide bonds. The molecule has 1 N–H and O–H groups in total. The highest BCUT2D eigenvalue weighted by Gasteiger charge is 2.03. The van der Waals surface area contributed by atoms with Gasteiger partial charge in [-0.1, -0.05) is 6.92 Å². The molecular weight excluding hydrogens is 280 g/mol. The number of halogens is 1. The van der Waals surface area contributed by atoms with Crippen LogP contribution in [-0.2, 0) is 0 Å². The van der Waals surface area contributed by atoms with Crippen molar-refractivity contribution in [2.45, 2.75) is 13.3 Å². The first-order valence-electron chi connectivity index (χ1n) is 5.48. The van der Waals surface area contributed by atoms with Gasteiger partial charge in [-0.25, -0.2) is 9.97 Å². The van der Waals surface area contributed by atoms with Crippen molar-refractivity contribution in [2.24, 2.45) is 0 Å². The summed E-state index contributed by atoms with van der Waals surface area (Å²) in [6.45, 7) is 3.02. The average Bonchev–Trinajstić information content (AvgIpc) is 2.37. The second-order valence-corrected chi connectivity index (χ2v) is 4.47. The van der Waals surface area contributed by atoms with Crippen molar-refractivity contribution in [2.75, 3.05) is 11.9 Å². The molecule has 2 aromatic heterocycles. The van der Waals surface area contributed by atoms with Gasteiger partial charge in [0.2, 0.25) is 0 Å². The van der Waals surface area contributed by atoms with Crippen molar-refractivity contribution in [3.63, 3.8) is 0 Å². The van der Waals surface area contributed by atoms with E-state index >= 15 is 0 Å². The van der Waals surface area contributed by atoms with Gasteiger partial charge in [-0.2, -0.15) is 0 Å². The summed E-state index contributed by atoms with van der Waals surface area (Å²) in [5.74, 6) is 1.47. The number of nitrogens with one attached hydrogen (secondary N) is 1. The standard InChI is InChI=1S/C12H13BrN4/c1-2-6-14-11-5-7-15-12(17-11)10-4-3-9(13)8-16-10/h3-5,7-8H,2,6H2,1H3,(H,14,15,17). The van der Waals surface area contributed by atoms with Crippen molar-refractivity contribution in [1.82, 2.24) is 15.0 Å². The molecule has 2 heterocycles. The monoisotopic (exact) mass is 292 g/mol. The van der Waals surface area contributed by atoms with Crippen LogP contribution in [0.4, 0.5) is 5.82 Å². The van der Waals surface area contributed by atoms with Crippen molar-refractivity contribution < 1.29 is 0 Å². The number of nitrogens with zero attached hydrogens (tertiary/aromatic N) is 3. The van der Waals surface area contributed by atoms with Gasteiger partial charge in [-0.15, -0.1) is 0 Å². The zero-order valence-corrected chi connectivity index (χ0v) is 11.1. The van der Waals surface area contributed by atoms with Gasteiger partial charge in [0, 0.05) is 23.4 Å². The Morgan fingerprint density at radius 2 is 2.12 bits per heavy atom. The lowest BCUT2D eigenvalue weighted by Crippen LogP contribution is -2.03. The maximum Gasteiger partial charge on any atom is 0.180 e. The van der Waals surface area contributed by atoms with Crippen LogP contribution >= 0.6 is 15.9 Å². The minimum absolute atomic E-state index is 0.638. The summed E-state index contributed by atoms with van der Waals surface area (Å²) >= 11 is 3.35. The lowest BCUT2D eigenvalue weighted by atomic mass is 10.3. The highest BCUT2D eigenvalue weighted by Crippen LogP contribution is 2.16. The van der Waals surface area contributed by atoms with E-state index in [2.05, 4.69) is 43.1 Å². The molecule has 0 aliphatic carbocycles. The molecule has 0 bridgehead atoms. The predicted molar refractivity (Wildman–Crippen MR) is 71.7 cm³/mol. The van der Waals surface area contributed by atoms with Crippen LogP contribution in [0.1, 0.15) is 13.3 Å². The minimum atomic E-state index is 0.638. The van der Waals surface area contributed by atoms with Crippen LogP contribution in [-0.4, -0.2) is 21.5 Å². The number of anilines is 1. The zero-order chi connectivity index (χ0) is 12.1. The first-order chi connectivity index (χ1) is 8.29. The van der Waals surface area contributed by atoms with E-state index in [4.69, 9.17) is 0 Å². The van der Waals surface area contributed by atoms with Gasteiger partial charge in [0.1, 0.15) is 11.5 Å². The van der Waals surface area contributed by atoms with E-state index < -0.39 is 0 Å². The van der Waals surface area contributed by atoms with Crippen LogP contribution in [0.25, 0.3) is 11.5 Å². The summed E-state index contributed by atoms with van der Waals surface area (Å²) in [6, 6.07) is 5.68. The maximum atomic E-state index is 4.41. The maximum absolute atomic E-state index is 4.41. The third-order valence-electron chi connectivity index (χ3n) is 2.17. The van der Waals surface area contributed by atoms with Crippen LogP contribution in [0.2, 0.25) is 0 Å². The van der Waals surface area contributed by atoms with Gasteiger partial charge in [0.15, 0.2) is 5.82 Å². The Kier molecular flexibility index (Phi) is 4.03. The van der Waals surface area contributed by atoms with Crippen LogP contribution in [0.15, 0.2) is 35.1 Å². The summed E-state index contributed by atoms with van der Waals surface area (Å²) in [4.78, 5) is 12.9. The molecule has 0 saturated heterocycles. The van der Waals surface area contributed by atoms with E-state index in [9.17, 15) is 0 Å². The molecule has 88 valence electrons. The van der Waals surface area contributed by atoms with Crippen molar-refractivity contribution in [3.8, 4) is 11.5 Å². The van der Waals surface area contributed by atoms with E-state index in [-0.39, 0.29) is 0 Å². The fraction of sp³-hybridized carbons (Fsp3) is 0.250. The minimum Gasteiger partial charge on any atom is -0.370 e. The molecule has 4 nitrogen and oxygen atoms in total. The number of hydrogen-bond acceptors (Lipinski definition) is 4. The molecule has 0 fully saturated rings. The first kappa shape index (κ1) is 12.0. The SMILES string of the molecule is CCCNc1ccnc(-c2ccc(Br)cn2)n1. The van der Waals surface area contributed by atoms with E-state index in [0.29, 0.717) is 5.82 Å². The second-order valence-electron chi connectivity index (χ2n) is 3.55. The first-order valence-corrected chi connectivity index (χ1v) is 6.27. The number of aromatic nitrogens is 3. The molecule has 0 atom stereocenters. The van der Waals surface area contributed by atoms with Crippen molar-refractivity contribution in [1.29, 1.82) is 0 Å². The molecule has 2 aromatic rings. The normalized spacial score (nSPS) is 10.2. The topological polar surface area (TPSA) is 50.7 Å². The third-order valence-corrected chi connectivity index (χ3v) is 2.64. The Bertz CT molecular complexity index is 484. The Labute approximate surface area is 109 Å². The number of pyridine rings is 1. The second kappa shape index (κ2) is 5.72. The van der Waals surface area contributed by atoms with E-state index in [0.717, 1.165) is 29.0 Å². The van der Waals surface area contributed by atoms with E-state index in [1.54, 1.807) is 12.4 Å². The Hall–Kier alpha value is -1.49. The van der Waals surface area contributed by atoms with E-state index in [1.807, 2.05) is 18.2 Å². The molecule has 0 spiro atoms. The highest BCUT2D eigenvalue weighted by atomic mass is 79.9. The molecule has 0 saturated carbocycles. The fourth-order valence-electron chi connectivity index (χ4n) is 1.34. The predicted octanol–water partition coefficient (Wildman–Crippen LogP) is 3.12. The summed E-state index contributed by atoms with van der Waals surface area (Å²) in [5, 5.41) is 3.23. The quantitative estimate of drug-likeness (QED) is 0.941. The third kappa shape index (κ3) is 3.23. The van der Waals surface area contributed by atoms with Gasteiger partial charge in [0.25, 0.3) is 0 Å². The lowest BCUT2D eigenvalue weighted by molar-refractivity contribution is 0.965. The molecule has 2 rings (SSSR count). The van der Waals surface area contributed by atoms with Gasteiger partial charge in [0.05, 0.1) is 0 Å². The summed E-state index contributed by atoms with van der Waals surface area (Å²) < 4.78 is 0.946. The van der Waals surface area contributed by atoms with Gasteiger partial charge < -0.3 is 5.32 Å². The number of rotatable bonds is 4.